The summed E-state index contributed by atoms with van der Waals surface area (Å²) in [6.07, 6.45) is 2.41. The number of hydrogen-bond acceptors (Lipinski definition) is 3. The number of aliphatic imine (C=N–C) groups is 1. The molecule has 0 bridgehead atoms. The van der Waals surface area contributed by atoms with Crippen molar-refractivity contribution in [3.8, 4) is 0 Å². The summed E-state index contributed by atoms with van der Waals surface area (Å²) in [5.41, 5.74) is 0. The van der Waals surface area contributed by atoms with Gasteiger partial charge in [-0.2, -0.15) is 0 Å². The van der Waals surface area contributed by atoms with E-state index < -0.39 is 0 Å². The summed E-state index contributed by atoms with van der Waals surface area (Å²) in [4.78, 5) is 9.08. The summed E-state index contributed by atoms with van der Waals surface area (Å²) in [5.74, 6) is 0.992. The van der Waals surface area contributed by atoms with Crippen molar-refractivity contribution in [1.82, 2.24) is 15.1 Å². The standard InChI is InChI=1S/C15H32N4O/c1-6-7-8-18(5)15(16-4)17-11-13(2)19-9-10-20-12-14(19)3/h13-14H,6-12H2,1-5H3,(H,16,17). The lowest BCUT2D eigenvalue weighted by Gasteiger charge is -2.38. The molecule has 2 atom stereocenters. The molecule has 0 amide bonds. The first-order valence-electron chi connectivity index (χ1n) is 7.85. The minimum atomic E-state index is 0.491. The summed E-state index contributed by atoms with van der Waals surface area (Å²) in [6.45, 7) is 11.4. The molecule has 0 saturated carbocycles. The van der Waals surface area contributed by atoms with Crippen LogP contribution in [0.25, 0.3) is 0 Å². The van der Waals surface area contributed by atoms with Gasteiger partial charge >= 0.3 is 0 Å². The third kappa shape index (κ3) is 5.29. The molecule has 0 aliphatic carbocycles. The van der Waals surface area contributed by atoms with Crippen LogP contribution in [0.2, 0.25) is 0 Å². The smallest absolute Gasteiger partial charge is 0.193 e. The SMILES string of the molecule is CCCCN(C)C(=NC)NCC(C)N1CCOCC1C. The topological polar surface area (TPSA) is 40.1 Å². The molecule has 5 nitrogen and oxygen atoms in total. The highest BCUT2D eigenvalue weighted by Crippen LogP contribution is 2.10. The Labute approximate surface area is 124 Å². The normalized spacial score (nSPS) is 22.6. The van der Waals surface area contributed by atoms with Crippen molar-refractivity contribution >= 4 is 5.96 Å². The second-order valence-electron chi connectivity index (χ2n) is 5.71. The second-order valence-corrected chi connectivity index (χ2v) is 5.71. The molecule has 0 aromatic heterocycles. The molecule has 5 heteroatoms. The Morgan fingerprint density at radius 2 is 2.30 bits per heavy atom. The highest BCUT2D eigenvalue weighted by molar-refractivity contribution is 5.79. The largest absolute Gasteiger partial charge is 0.379 e. The zero-order valence-electron chi connectivity index (χ0n) is 13.9. The Balaban J connectivity index is 2.39. The lowest BCUT2D eigenvalue weighted by Crippen LogP contribution is -2.53. The van der Waals surface area contributed by atoms with Gasteiger partial charge in [0, 0.05) is 45.8 Å². The summed E-state index contributed by atoms with van der Waals surface area (Å²) < 4.78 is 5.50. The molecule has 1 aliphatic heterocycles. The van der Waals surface area contributed by atoms with Crippen molar-refractivity contribution in [2.45, 2.75) is 45.7 Å². The molecule has 1 fully saturated rings. The number of hydrogen-bond donors (Lipinski definition) is 1. The van der Waals surface area contributed by atoms with Gasteiger partial charge in [0.25, 0.3) is 0 Å². The van der Waals surface area contributed by atoms with E-state index in [1.165, 1.54) is 12.8 Å². The van der Waals surface area contributed by atoms with Gasteiger partial charge in [0.1, 0.15) is 0 Å². The number of unbranched alkanes of at least 4 members (excludes halogenated alkanes) is 1. The van der Waals surface area contributed by atoms with Gasteiger partial charge in [-0.15, -0.1) is 0 Å². The monoisotopic (exact) mass is 284 g/mol. The zero-order valence-corrected chi connectivity index (χ0v) is 13.9. The highest BCUT2D eigenvalue weighted by Gasteiger charge is 2.23. The van der Waals surface area contributed by atoms with Crippen LogP contribution in [0.4, 0.5) is 0 Å². The number of morpholine rings is 1. The van der Waals surface area contributed by atoms with E-state index in [1.807, 2.05) is 7.05 Å². The van der Waals surface area contributed by atoms with E-state index in [0.717, 1.165) is 38.8 Å². The maximum Gasteiger partial charge on any atom is 0.193 e. The van der Waals surface area contributed by atoms with Crippen LogP contribution in [0.15, 0.2) is 4.99 Å². The fourth-order valence-corrected chi connectivity index (χ4v) is 2.64. The minimum absolute atomic E-state index is 0.491. The maximum atomic E-state index is 5.50. The van der Waals surface area contributed by atoms with E-state index in [4.69, 9.17) is 4.74 Å². The Bertz CT molecular complexity index is 296. The van der Waals surface area contributed by atoms with Gasteiger partial charge in [0.2, 0.25) is 0 Å². The Kier molecular flexibility index (Phi) is 7.92. The van der Waals surface area contributed by atoms with Crippen molar-refractivity contribution in [3.05, 3.63) is 0 Å². The van der Waals surface area contributed by atoms with Gasteiger partial charge in [0.15, 0.2) is 5.96 Å². The second kappa shape index (κ2) is 9.19. The molecule has 1 N–H and O–H groups in total. The molecule has 1 aliphatic rings. The Morgan fingerprint density at radius 1 is 1.55 bits per heavy atom. The number of nitrogens with one attached hydrogen (secondary N) is 1. The molecular formula is C15H32N4O. The van der Waals surface area contributed by atoms with Gasteiger partial charge in [-0.1, -0.05) is 13.3 Å². The van der Waals surface area contributed by atoms with Crippen molar-refractivity contribution in [2.75, 3.05) is 46.9 Å². The third-order valence-electron chi connectivity index (χ3n) is 3.96. The van der Waals surface area contributed by atoms with Gasteiger partial charge in [0.05, 0.1) is 13.2 Å². The molecule has 0 aromatic carbocycles. The average molecular weight is 284 g/mol. The number of ether oxygens (including phenoxy) is 1. The lowest BCUT2D eigenvalue weighted by atomic mass is 10.2. The summed E-state index contributed by atoms with van der Waals surface area (Å²) in [7, 11) is 3.96. The minimum Gasteiger partial charge on any atom is -0.379 e. The van der Waals surface area contributed by atoms with Gasteiger partial charge in [-0.3, -0.25) is 9.89 Å². The predicted octanol–water partition coefficient (Wildman–Crippen LogP) is 1.40. The van der Waals surface area contributed by atoms with E-state index in [9.17, 15) is 0 Å². The molecular weight excluding hydrogens is 252 g/mol. The number of rotatable bonds is 6. The van der Waals surface area contributed by atoms with Crippen LogP contribution in [0.1, 0.15) is 33.6 Å². The van der Waals surface area contributed by atoms with Crippen LogP contribution in [-0.2, 0) is 4.74 Å². The first-order chi connectivity index (χ1) is 9.60. The Hall–Kier alpha value is -0.810. The molecule has 0 spiro atoms. The summed E-state index contributed by atoms with van der Waals surface area (Å²) >= 11 is 0. The fraction of sp³-hybridized carbons (Fsp3) is 0.933. The fourth-order valence-electron chi connectivity index (χ4n) is 2.64. The van der Waals surface area contributed by atoms with E-state index in [0.29, 0.717) is 12.1 Å². The van der Waals surface area contributed by atoms with Crippen molar-refractivity contribution < 1.29 is 4.74 Å². The number of nitrogens with zero attached hydrogens (tertiary/aromatic N) is 3. The van der Waals surface area contributed by atoms with E-state index >= 15 is 0 Å². The summed E-state index contributed by atoms with van der Waals surface area (Å²) in [6, 6.07) is 0.991. The van der Waals surface area contributed by atoms with Crippen LogP contribution in [0.3, 0.4) is 0 Å². The van der Waals surface area contributed by atoms with E-state index in [2.05, 4.69) is 47.9 Å². The number of guanidine groups is 1. The molecule has 118 valence electrons. The van der Waals surface area contributed by atoms with Crippen LogP contribution in [0.5, 0.6) is 0 Å². The molecule has 20 heavy (non-hydrogen) atoms. The highest BCUT2D eigenvalue weighted by atomic mass is 16.5. The van der Waals surface area contributed by atoms with Crippen LogP contribution >= 0.6 is 0 Å². The van der Waals surface area contributed by atoms with Crippen molar-refractivity contribution in [2.24, 2.45) is 4.99 Å². The van der Waals surface area contributed by atoms with Crippen molar-refractivity contribution in [3.63, 3.8) is 0 Å². The first kappa shape index (κ1) is 17.2. The van der Waals surface area contributed by atoms with E-state index in [-0.39, 0.29) is 0 Å². The predicted molar refractivity (Wildman–Crippen MR) is 85.3 cm³/mol. The van der Waals surface area contributed by atoms with Crippen LogP contribution in [-0.4, -0.2) is 74.8 Å². The molecule has 0 radical (unpaired) electrons. The molecule has 1 heterocycles. The van der Waals surface area contributed by atoms with Gasteiger partial charge in [-0.05, 0) is 20.3 Å². The maximum absolute atomic E-state index is 5.50. The van der Waals surface area contributed by atoms with Crippen LogP contribution in [0, 0.1) is 0 Å². The van der Waals surface area contributed by atoms with Gasteiger partial charge < -0.3 is 15.0 Å². The quantitative estimate of drug-likeness (QED) is 0.591. The van der Waals surface area contributed by atoms with Gasteiger partial charge in [-0.25, -0.2) is 0 Å². The molecule has 0 aromatic rings. The van der Waals surface area contributed by atoms with E-state index in [1.54, 1.807) is 0 Å². The average Bonchev–Trinajstić information content (AvgIpc) is 2.45. The molecule has 1 rings (SSSR count). The van der Waals surface area contributed by atoms with Crippen molar-refractivity contribution in [1.29, 1.82) is 0 Å². The van der Waals surface area contributed by atoms with Crippen LogP contribution < -0.4 is 5.32 Å². The lowest BCUT2D eigenvalue weighted by molar-refractivity contribution is -0.0174. The molecule has 1 saturated heterocycles. The Morgan fingerprint density at radius 3 is 2.90 bits per heavy atom. The zero-order chi connectivity index (χ0) is 15.0. The summed E-state index contributed by atoms with van der Waals surface area (Å²) in [5, 5.41) is 3.49. The third-order valence-corrected chi connectivity index (χ3v) is 3.96. The first-order valence-corrected chi connectivity index (χ1v) is 7.85. The molecule has 2 unspecified atom stereocenters.